The molecular weight excluding hydrogens is 188 g/mol. The largest absolute Gasteiger partial charge is 0.363 e. The van der Waals surface area contributed by atoms with Crippen molar-refractivity contribution in [3.8, 4) is 0 Å². The van der Waals surface area contributed by atoms with E-state index in [2.05, 4.69) is 29.1 Å². The Morgan fingerprint density at radius 3 is 2.53 bits per heavy atom. The van der Waals surface area contributed by atoms with Gasteiger partial charge >= 0.3 is 0 Å². The van der Waals surface area contributed by atoms with Gasteiger partial charge in [-0.2, -0.15) is 4.98 Å². The first kappa shape index (κ1) is 11.8. The van der Waals surface area contributed by atoms with Gasteiger partial charge in [0.1, 0.15) is 5.82 Å². The predicted molar refractivity (Wildman–Crippen MR) is 64.4 cm³/mol. The summed E-state index contributed by atoms with van der Waals surface area (Å²) in [7, 11) is 3.95. The van der Waals surface area contributed by atoms with Gasteiger partial charge in [-0.05, 0) is 18.9 Å². The quantitative estimate of drug-likeness (QED) is 0.805. The van der Waals surface area contributed by atoms with Crippen LogP contribution in [0.25, 0.3) is 0 Å². The van der Waals surface area contributed by atoms with Crippen molar-refractivity contribution in [2.75, 3.05) is 24.3 Å². The van der Waals surface area contributed by atoms with Crippen LogP contribution in [0, 0.1) is 0 Å². The van der Waals surface area contributed by atoms with Gasteiger partial charge in [-0.1, -0.05) is 13.8 Å². The van der Waals surface area contributed by atoms with Crippen LogP contribution in [0.15, 0.2) is 12.3 Å². The highest BCUT2D eigenvalue weighted by molar-refractivity contribution is 5.41. The van der Waals surface area contributed by atoms with Crippen LogP contribution in [0.2, 0.25) is 0 Å². The summed E-state index contributed by atoms with van der Waals surface area (Å²) in [6.07, 6.45) is 3.96. The van der Waals surface area contributed by atoms with E-state index < -0.39 is 0 Å². The fourth-order valence-corrected chi connectivity index (χ4v) is 1.34. The normalized spacial score (nSPS) is 10.5. The number of nitrogens with one attached hydrogen (secondary N) is 1. The maximum absolute atomic E-state index is 4.41. The molecule has 1 aromatic rings. The fourth-order valence-electron chi connectivity index (χ4n) is 1.34. The van der Waals surface area contributed by atoms with Crippen molar-refractivity contribution in [3.63, 3.8) is 0 Å². The van der Waals surface area contributed by atoms with Crippen molar-refractivity contribution in [2.24, 2.45) is 0 Å². The Morgan fingerprint density at radius 1 is 1.33 bits per heavy atom. The van der Waals surface area contributed by atoms with E-state index in [0.29, 0.717) is 6.04 Å². The molecule has 0 aliphatic heterocycles. The van der Waals surface area contributed by atoms with Crippen molar-refractivity contribution in [1.82, 2.24) is 9.97 Å². The van der Waals surface area contributed by atoms with Gasteiger partial charge in [-0.25, -0.2) is 4.98 Å². The molecule has 0 bridgehead atoms. The van der Waals surface area contributed by atoms with Gasteiger partial charge in [-0.15, -0.1) is 0 Å². The molecule has 4 nitrogen and oxygen atoms in total. The summed E-state index contributed by atoms with van der Waals surface area (Å²) in [5, 5.41) is 3.32. The lowest BCUT2D eigenvalue weighted by Gasteiger charge is -2.16. The SMILES string of the molecule is CCC(CC)Nc1nccc(N(C)C)n1. The Balaban J connectivity index is 2.72. The lowest BCUT2D eigenvalue weighted by molar-refractivity contribution is 0.664. The molecule has 0 spiro atoms. The third kappa shape index (κ3) is 3.38. The second kappa shape index (κ2) is 5.53. The van der Waals surface area contributed by atoms with Crippen LogP contribution >= 0.6 is 0 Å². The minimum absolute atomic E-state index is 0.461. The number of anilines is 2. The molecule has 84 valence electrons. The highest BCUT2D eigenvalue weighted by atomic mass is 15.2. The molecule has 0 atom stereocenters. The average Bonchev–Trinajstić information content (AvgIpc) is 2.26. The molecule has 0 amide bonds. The minimum atomic E-state index is 0.461. The van der Waals surface area contributed by atoms with Crippen LogP contribution in [0.1, 0.15) is 26.7 Å². The second-order valence-electron chi connectivity index (χ2n) is 3.79. The molecular formula is C11H20N4. The monoisotopic (exact) mass is 208 g/mol. The molecule has 0 unspecified atom stereocenters. The number of nitrogens with zero attached hydrogens (tertiary/aromatic N) is 3. The summed E-state index contributed by atoms with van der Waals surface area (Å²) in [5.41, 5.74) is 0. The third-order valence-corrected chi connectivity index (χ3v) is 2.42. The van der Waals surface area contributed by atoms with Crippen molar-refractivity contribution < 1.29 is 0 Å². The van der Waals surface area contributed by atoms with Crippen molar-refractivity contribution in [3.05, 3.63) is 12.3 Å². The average molecular weight is 208 g/mol. The summed E-state index contributed by atoms with van der Waals surface area (Å²) in [6, 6.07) is 2.36. The Bertz CT molecular complexity index is 294. The molecule has 0 fully saturated rings. The molecule has 0 aliphatic carbocycles. The summed E-state index contributed by atoms with van der Waals surface area (Å²) in [6.45, 7) is 4.33. The van der Waals surface area contributed by atoms with E-state index in [1.807, 2.05) is 25.1 Å². The van der Waals surface area contributed by atoms with Crippen molar-refractivity contribution >= 4 is 11.8 Å². The topological polar surface area (TPSA) is 41.1 Å². The molecule has 0 aromatic carbocycles. The lowest BCUT2D eigenvalue weighted by Crippen LogP contribution is -2.20. The smallest absolute Gasteiger partial charge is 0.224 e. The molecule has 1 aromatic heterocycles. The Morgan fingerprint density at radius 2 is 2.00 bits per heavy atom. The number of aromatic nitrogens is 2. The minimum Gasteiger partial charge on any atom is -0.363 e. The first-order chi connectivity index (χ1) is 7.17. The van der Waals surface area contributed by atoms with E-state index >= 15 is 0 Å². The number of hydrogen-bond acceptors (Lipinski definition) is 4. The zero-order valence-corrected chi connectivity index (χ0v) is 9.99. The number of hydrogen-bond donors (Lipinski definition) is 1. The van der Waals surface area contributed by atoms with E-state index in [-0.39, 0.29) is 0 Å². The van der Waals surface area contributed by atoms with E-state index in [0.717, 1.165) is 24.6 Å². The molecule has 1 N–H and O–H groups in total. The van der Waals surface area contributed by atoms with Gasteiger partial charge in [0.25, 0.3) is 0 Å². The van der Waals surface area contributed by atoms with Crippen molar-refractivity contribution in [1.29, 1.82) is 0 Å². The van der Waals surface area contributed by atoms with Crippen LogP contribution in [-0.2, 0) is 0 Å². The van der Waals surface area contributed by atoms with Gasteiger partial charge in [0.2, 0.25) is 5.95 Å². The second-order valence-corrected chi connectivity index (χ2v) is 3.79. The van der Waals surface area contributed by atoms with E-state index in [1.54, 1.807) is 6.20 Å². The molecule has 0 radical (unpaired) electrons. The first-order valence-electron chi connectivity index (χ1n) is 5.44. The van der Waals surface area contributed by atoms with Crippen LogP contribution < -0.4 is 10.2 Å². The van der Waals surface area contributed by atoms with Gasteiger partial charge < -0.3 is 10.2 Å². The molecule has 0 aliphatic rings. The third-order valence-electron chi connectivity index (χ3n) is 2.42. The molecule has 15 heavy (non-hydrogen) atoms. The Hall–Kier alpha value is -1.32. The van der Waals surface area contributed by atoms with Crippen LogP contribution in [0.5, 0.6) is 0 Å². The van der Waals surface area contributed by atoms with E-state index in [1.165, 1.54) is 0 Å². The predicted octanol–water partition coefficient (Wildman–Crippen LogP) is 2.14. The van der Waals surface area contributed by atoms with Gasteiger partial charge in [0, 0.05) is 26.3 Å². The molecule has 1 rings (SSSR count). The summed E-state index contributed by atoms with van der Waals surface area (Å²) in [4.78, 5) is 10.6. The lowest BCUT2D eigenvalue weighted by atomic mass is 10.2. The highest BCUT2D eigenvalue weighted by Gasteiger charge is 2.06. The summed E-state index contributed by atoms with van der Waals surface area (Å²) >= 11 is 0. The van der Waals surface area contributed by atoms with E-state index in [9.17, 15) is 0 Å². The van der Waals surface area contributed by atoms with E-state index in [4.69, 9.17) is 0 Å². The standard InChI is InChI=1S/C11H20N4/c1-5-9(6-2)13-11-12-8-7-10(14-11)15(3)4/h7-9H,5-6H2,1-4H3,(H,12,13,14). The molecule has 0 saturated heterocycles. The van der Waals surface area contributed by atoms with Gasteiger partial charge in [-0.3, -0.25) is 0 Å². The highest BCUT2D eigenvalue weighted by Crippen LogP contribution is 2.11. The molecule has 0 saturated carbocycles. The maximum Gasteiger partial charge on any atom is 0.224 e. The summed E-state index contributed by atoms with van der Waals surface area (Å²) in [5.74, 6) is 1.65. The van der Waals surface area contributed by atoms with Crippen LogP contribution in [0.3, 0.4) is 0 Å². The van der Waals surface area contributed by atoms with Gasteiger partial charge in [0.05, 0.1) is 0 Å². The Labute approximate surface area is 91.7 Å². The zero-order valence-electron chi connectivity index (χ0n) is 9.99. The van der Waals surface area contributed by atoms with Crippen LogP contribution in [0.4, 0.5) is 11.8 Å². The maximum atomic E-state index is 4.41. The number of rotatable bonds is 5. The molecule has 1 heterocycles. The zero-order chi connectivity index (χ0) is 11.3. The molecule has 4 heteroatoms. The van der Waals surface area contributed by atoms with Crippen LogP contribution in [-0.4, -0.2) is 30.1 Å². The summed E-state index contributed by atoms with van der Waals surface area (Å²) < 4.78 is 0. The van der Waals surface area contributed by atoms with Crippen molar-refractivity contribution in [2.45, 2.75) is 32.7 Å². The fraction of sp³-hybridized carbons (Fsp3) is 0.636. The van der Waals surface area contributed by atoms with Gasteiger partial charge in [0.15, 0.2) is 0 Å². The first-order valence-corrected chi connectivity index (χ1v) is 5.44. The Kier molecular flexibility index (Phi) is 4.34.